The summed E-state index contributed by atoms with van der Waals surface area (Å²) >= 11 is 0. The Kier molecular flexibility index (Phi) is 21.1. The average Bonchev–Trinajstić information content (AvgIpc) is 3.48. The molecule has 0 radical (unpaired) electrons. The second-order valence-corrected chi connectivity index (χ2v) is 24.6. The first-order valence-corrected chi connectivity index (χ1v) is 27.2. The van der Waals surface area contributed by atoms with Crippen molar-refractivity contribution in [2.75, 3.05) is 13.2 Å². The van der Waals surface area contributed by atoms with E-state index < -0.39 is 45.9 Å². The van der Waals surface area contributed by atoms with Gasteiger partial charge in [0.1, 0.15) is 56.4 Å². The largest absolute Gasteiger partial charge is 0.507 e. The molecule has 0 heterocycles. The number of aromatic hydroxyl groups is 1. The van der Waals surface area contributed by atoms with Crippen molar-refractivity contribution in [1.29, 1.82) is 0 Å². The molecule has 0 aliphatic rings. The number of carbonyl (C=O) groups excluding carboxylic acids is 5. The lowest BCUT2D eigenvalue weighted by Crippen LogP contribution is -2.28. The summed E-state index contributed by atoms with van der Waals surface area (Å²) in [6, 6.07) is 45.5. The number of carbonyl (C=O) groups is 5. The second-order valence-electron chi connectivity index (χ2n) is 24.6. The Labute approximate surface area is 482 Å². The van der Waals surface area contributed by atoms with Crippen LogP contribution >= 0.6 is 0 Å². The predicted octanol–water partition coefficient (Wildman–Crippen LogP) is 16.0. The number of rotatable bonds is 9. The highest BCUT2D eigenvalue weighted by Crippen LogP contribution is 2.33. The van der Waals surface area contributed by atoms with Crippen molar-refractivity contribution in [2.45, 2.75) is 146 Å². The summed E-state index contributed by atoms with van der Waals surface area (Å²) in [5.74, 6) is -1.18. The van der Waals surface area contributed by atoms with E-state index in [1.807, 2.05) is 152 Å². The first-order valence-electron chi connectivity index (χ1n) is 27.2. The molecular formula is C69H80O13. The van der Waals surface area contributed by atoms with Gasteiger partial charge in [0, 0.05) is 5.39 Å². The van der Waals surface area contributed by atoms with Crippen molar-refractivity contribution < 1.29 is 62.2 Å². The molecule has 0 fully saturated rings. The van der Waals surface area contributed by atoms with Gasteiger partial charge in [-0.15, -0.1) is 0 Å². The number of phenolic OH excluding ortho intramolecular Hbond substituents is 1. The molecule has 8 aromatic carbocycles. The van der Waals surface area contributed by atoms with E-state index in [-0.39, 0.29) is 42.0 Å². The van der Waals surface area contributed by atoms with Crippen LogP contribution in [0.1, 0.15) is 146 Å². The normalized spacial score (nSPS) is 11.6. The molecule has 13 nitrogen and oxygen atoms in total. The van der Waals surface area contributed by atoms with Crippen LogP contribution in [-0.4, -0.2) is 76.2 Å². The molecule has 1 N–H and O–H groups in total. The zero-order chi connectivity index (χ0) is 61.0. The quantitative estimate of drug-likeness (QED) is 0.107. The monoisotopic (exact) mass is 1120 g/mol. The zero-order valence-corrected chi connectivity index (χ0v) is 50.6. The number of ether oxygens (including phenoxy) is 7. The van der Waals surface area contributed by atoms with Gasteiger partial charge in [0.2, 0.25) is 0 Å². The van der Waals surface area contributed by atoms with Gasteiger partial charge in [-0.25, -0.2) is 24.0 Å². The van der Waals surface area contributed by atoms with Crippen LogP contribution in [0.25, 0.3) is 43.1 Å². The van der Waals surface area contributed by atoms with E-state index in [0.29, 0.717) is 22.4 Å². The summed E-state index contributed by atoms with van der Waals surface area (Å²) in [6.45, 7) is 31.0. The minimum Gasteiger partial charge on any atom is -0.507 e. The van der Waals surface area contributed by atoms with Crippen LogP contribution in [-0.2, 0) is 33.3 Å². The van der Waals surface area contributed by atoms with E-state index in [2.05, 4.69) is 25.1 Å². The molecule has 0 bridgehead atoms. The lowest BCUT2D eigenvalue weighted by Gasteiger charge is -2.22. The molecule has 8 aromatic rings. The van der Waals surface area contributed by atoms with Gasteiger partial charge in [-0.3, -0.25) is 0 Å². The fourth-order valence-corrected chi connectivity index (χ4v) is 8.06. The topological polar surface area (TPSA) is 170 Å². The number of hydrogen-bond acceptors (Lipinski definition) is 13. The first-order chi connectivity index (χ1) is 38.0. The third-order valence-electron chi connectivity index (χ3n) is 11.2. The Hall–Kier alpha value is -8.45. The van der Waals surface area contributed by atoms with Crippen molar-refractivity contribution in [3.63, 3.8) is 0 Å². The highest BCUT2D eigenvalue weighted by molar-refractivity contribution is 6.07. The minimum absolute atomic E-state index is 0.0528. The Morgan fingerprint density at radius 2 is 0.793 bits per heavy atom. The van der Waals surface area contributed by atoms with Gasteiger partial charge in [0.15, 0.2) is 13.2 Å². The molecule has 0 saturated carbocycles. The van der Waals surface area contributed by atoms with Gasteiger partial charge in [-0.2, -0.15) is 0 Å². The fraction of sp³-hybridized carbons (Fsp3) is 0.348. The zero-order valence-electron chi connectivity index (χ0n) is 50.6. The van der Waals surface area contributed by atoms with E-state index in [9.17, 15) is 29.1 Å². The van der Waals surface area contributed by atoms with Gasteiger partial charge in [0.25, 0.3) is 0 Å². The van der Waals surface area contributed by atoms with Crippen LogP contribution in [0.4, 0.5) is 0 Å². The van der Waals surface area contributed by atoms with Crippen LogP contribution in [0, 0.1) is 13.8 Å². The molecule has 0 atom stereocenters. The van der Waals surface area contributed by atoms with E-state index in [1.54, 1.807) is 80.5 Å². The second kappa shape index (κ2) is 26.9. The van der Waals surface area contributed by atoms with Crippen molar-refractivity contribution in [3.05, 3.63) is 173 Å². The van der Waals surface area contributed by atoms with E-state index >= 15 is 0 Å². The average molecular weight is 1120 g/mol. The molecular weight excluding hydrogens is 1040 g/mol. The summed E-state index contributed by atoms with van der Waals surface area (Å²) in [6.07, 6.45) is 0. The highest BCUT2D eigenvalue weighted by atomic mass is 16.6. The maximum atomic E-state index is 12.6. The molecule has 8 rings (SSSR count). The number of esters is 5. The smallest absolute Gasteiger partial charge is 0.344 e. The molecule has 0 aromatic heterocycles. The molecule has 434 valence electrons. The lowest BCUT2D eigenvalue weighted by atomic mass is 10.0. The van der Waals surface area contributed by atoms with Crippen molar-refractivity contribution in [2.24, 2.45) is 0 Å². The molecule has 82 heavy (non-hydrogen) atoms. The third-order valence-corrected chi connectivity index (χ3v) is 11.2. The molecule has 0 saturated heterocycles. The fourth-order valence-electron chi connectivity index (χ4n) is 8.06. The number of fused-ring (bicyclic) bond motifs is 4. The molecule has 0 aliphatic heterocycles. The Morgan fingerprint density at radius 1 is 0.366 bits per heavy atom. The third kappa shape index (κ3) is 20.6. The van der Waals surface area contributed by atoms with E-state index in [1.165, 1.54) is 17.2 Å². The number of benzene rings is 8. The maximum absolute atomic E-state index is 12.6. The Bertz CT molecular complexity index is 3560. The van der Waals surface area contributed by atoms with Crippen LogP contribution in [0.15, 0.2) is 146 Å². The Morgan fingerprint density at radius 3 is 1.37 bits per heavy atom. The van der Waals surface area contributed by atoms with Gasteiger partial charge >= 0.3 is 29.8 Å². The van der Waals surface area contributed by atoms with Crippen LogP contribution in [0.2, 0.25) is 0 Å². The first kappa shape index (κ1) is 64.4. The number of aryl methyl sites for hydroxylation is 2. The predicted molar refractivity (Wildman–Crippen MR) is 325 cm³/mol. The number of hydrogen-bond donors (Lipinski definition) is 1. The van der Waals surface area contributed by atoms with Crippen LogP contribution in [0.3, 0.4) is 0 Å². The number of phenols is 1. The van der Waals surface area contributed by atoms with Gasteiger partial charge < -0.3 is 38.3 Å². The molecule has 13 heteroatoms. The van der Waals surface area contributed by atoms with Gasteiger partial charge in [-0.05, 0) is 186 Å². The van der Waals surface area contributed by atoms with Crippen LogP contribution in [0.5, 0.6) is 17.2 Å². The Balaban J connectivity index is 0.000000203. The molecule has 0 amide bonds. The highest BCUT2D eigenvalue weighted by Gasteiger charge is 2.26. The SMILES string of the molecule is CC(C)(C)OC(=O)COc1c(C(=O)OC(C)(C)C)ccc2ccccc12.CC(C)(C)OC(=O)c1c(O)ccc2ccccc12.Cc1ccc2c(C(=O)OC(C)(C)C)cccc2c1.Cc1ccc2cc(OCC(=O)OC(C)(C)C)ccc2c1. The minimum atomic E-state index is -0.634. The molecule has 0 spiro atoms. The molecule has 0 aliphatic carbocycles. The summed E-state index contributed by atoms with van der Waals surface area (Å²) in [5.41, 5.74) is 0.765. The van der Waals surface area contributed by atoms with E-state index in [0.717, 1.165) is 37.7 Å². The van der Waals surface area contributed by atoms with Crippen molar-refractivity contribution in [3.8, 4) is 17.2 Å². The van der Waals surface area contributed by atoms with Crippen molar-refractivity contribution in [1.82, 2.24) is 0 Å². The summed E-state index contributed by atoms with van der Waals surface area (Å²) < 4.78 is 37.9. The molecule has 0 unspecified atom stereocenters. The lowest BCUT2D eigenvalue weighted by molar-refractivity contribution is -0.158. The summed E-state index contributed by atoms with van der Waals surface area (Å²) in [4.78, 5) is 60.4. The van der Waals surface area contributed by atoms with Gasteiger partial charge in [0.05, 0.1) is 5.56 Å². The summed E-state index contributed by atoms with van der Waals surface area (Å²) in [5, 5.41) is 17.4. The maximum Gasteiger partial charge on any atom is 0.344 e. The van der Waals surface area contributed by atoms with Gasteiger partial charge in [-0.1, -0.05) is 126 Å². The standard InChI is InChI=1S/C21H26O5.C17H20O3.C16H18O2.C15H16O3/c1-20(2,3)25-17(22)13-24-18-15-10-8-7-9-14(15)11-12-16(18)19(23)26-21(4,5)6;1-12-5-6-14-10-15(8-7-13(14)9-12)19-11-16(18)20-17(2,3)4;1-11-8-9-13-12(10-11)6-5-7-14(13)15(17)18-16(2,3)4;1-15(2,3)18-14(17)13-11-7-5-4-6-10(11)8-9-12(13)16/h7-12H,13H2,1-6H3;5-10H,11H2,1-4H3;5-10H,1-4H3;4-9,16H,1-3H3. The van der Waals surface area contributed by atoms with E-state index in [4.69, 9.17) is 33.2 Å². The summed E-state index contributed by atoms with van der Waals surface area (Å²) in [7, 11) is 0. The van der Waals surface area contributed by atoms with Crippen LogP contribution < -0.4 is 9.47 Å². The van der Waals surface area contributed by atoms with Crippen molar-refractivity contribution >= 4 is 72.9 Å².